The van der Waals surface area contributed by atoms with E-state index in [1.165, 1.54) is 12.4 Å². The lowest BCUT2D eigenvalue weighted by Gasteiger charge is -2.26. The molecule has 1 fully saturated rings. The van der Waals surface area contributed by atoms with Crippen molar-refractivity contribution in [3.63, 3.8) is 0 Å². The number of nitrogens with one attached hydrogen (secondary N) is 1. The van der Waals surface area contributed by atoms with Crippen LogP contribution >= 0.6 is 0 Å². The number of hydrogen-bond acceptors (Lipinski definition) is 6. The van der Waals surface area contributed by atoms with Crippen LogP contribution in [0.4, 0.5) is 11.6 Å². The van der Waals surface area contributed by atoms with Crippen LogP contribution in [0, 0.1) is 0 Å². The standard InChI is InChI=1S/C11H17N5O2/c12-9-7-14-11(15-8-9)13-2-1-10(17)16-3-5-18-6-4-16/h7-8H,1-6,12H2,(H,13,14,15). The van der Waals surface area contributed by atoms with Crippen LogP contribution in [-0.4, -0.2) is 53.6 Å². The minimum atomic E-state index is 0.126. The van der Waals surface area contributed by atoms with Crippen LogP contribution in [0.15, 0.2) is 12.4 Å². The number of nitrogen functional groups attached to an aromatic ring is 1. The fourth-order valence-corrected chi connectivity index (χ4v) is 1.68. The smallest absolute Gasteiger partial charge is 0.224 e. The minimum absolute atomic E-state index is 0.126. The minimum Gasteiger partial charge on any atom is -0.396 e. The van der Waals surface area contributed by atoms with E-state index in [-0.39, 0.29) is 5.91 Å². The molecule has 0 saturated carbocycles. The van der Waals surface area contributed by atoms with E-state index in [9.17, 15) is 4.79 Å². The molecule has 0 aromatic carbocycles. The molecule has 1 saturated heterocycles. The van der Waals surface area contributed by atoms with Crippen LogP contribution in [0.25, 0.3) is 0 Å². The summed E-state index contributed by atoms with van der Waals surface area (Å²) in [4.78, 5) is 21.6. The van der Waals surface area contributed by atoms with Crippen molar-refractivity contribution in [3.05, 3.63) is 12.4 Å². The normalized spacial score (nSPS) is 15.4. The number of amides is 1. The first kappa shape index (κ1) is 12.6. The lowest BCUT2D eigenvalue weighted by Crippen LogP contribution is -2.41. The van der Waals surface area contributed by atoms with Crippen molar-refractivity contribution < 1.29 is 9.53 Å². The molecule has 1 amide bonds. The lowest BCUT2D eigenvalue weighted by molar-refractivity contribution is -0.134. The highest BCUT2D eigenvalue weighted by molar-refractivity contribution is 5.76. The molecule has 0 aliphatic carbocycles. The van der Waals surface area contributed by atoms with Crippen LogP contribution in [0.5, 0.6) is 0 Å². The van der Waals surface area contributed by atoms with Gasteiger partial charge < -0.3 is 20.7 Å². The third kappa shape index (κ3) is 3.56. The van der Waals surface area contributed by atoms with Gasteiger partial charge in [0.2, 0.25) is 11.9 Å². The first-order valence-corrected chi connectivity index (χ1v) is 5.92. The van der Waals surface area contributed by atoms with E-state index in [2.05, 4.69) is 15.3 Å². The molecule has 0 unspecified atom stereocenters. The summed E-state index contributed by atoms with van der Waals surface area (Å²) in [5.74, 6) is 0.611. The summed E-state index contributed by atoms with van der Waals surface area (Å²) in [5, 5.41) is 2.99. The number of morpholine rings is 1. The molecule has 7 heteroatoms. The summed E-state index contributed by atoms with van der Waals surface area (Å²) in [7, 11) is 0. The molecule has 98 valence electrons. The van der Waals surface area contributed by atoms with Gasteiger partial charge in [-0.25, -0.2) is 9.97 Å². The zero-order valence-corrected chi connectivity index (χ0v) is 10.1. The van der Waals surface area contributed by atoms with Gasteiger partial charge in [0, 0.05) is 26.1 Å². The number of ether oxygens (including phenoxy) is 1. The highest BCUT2D eigenvalue weighted by Crippen LogP contribution is 2.03. The molecule has 0 radical (unpaired) electrons. The van der Waals surface area contributed by atoms with E-state index < -0.39 is 0 Å². The predicted molar refractivity (Wildman–Crippen MR) is 67.0 cm³/mol. The Labute approximate surface area is 105 Å². The van der Waals surface area contributed by atoms with Crippen molar-refractivity contribution in [3.8, 4) is 0 Å². The number of aromatic nitrogens is 2. The number of anilines is 2. The Hall–Kier alpha value is -1.89. The molecule has 1 aliphatic rings. The van der Waals surface area contributed by atoms with Gasteiger partial charge in [-0.3, -0.25) is 4.79 Å². The average Bonchev–Trinajstić information content (AvgIpc) is 2.42. The quantitative estimate of drug-likeness (QED) is 0.764. The number of hydrogen-bond donors (Lipinski definition) is 2. The summed E-state index contributed by atoms with van der Waals surface area (Å²) in [6, 6.07) is 0. The molecule has 3 N–H and O–H groups in total. The Kier molecular flexibility index (Phi) is 4.30. The molecule has 0 spiro atoms. The van der Waals surface area contributed by atoms with Crippen molar-refractivity contribution in [1.82, 2.24) is 14.9 Å². The van der Waals surface area contributed by atoms with Gasteiger partial charge in [-0.05, 0) is 0 Å². The van der Waals surface area contributed by atoms with Crippen LogP contribution in [0.1, 0.15) is 6.42 Å². The van der Waals surface area contributed by atoms with Gasteiger partial charge in [0.05, 0.1) is 31.3 Å². The summed E-state index contributed by atoms with van der Waals surface area (Å²) in [5.41, 5.74) is 5.99. The topological polar surface area (TPSA) is 93.4 Å². The Bertz CT molecular complexity index is 389. The second kappa shape index (κ2) is 6.15. The van der Waals surface area contributed by atoms with E-state index in [1.807, 2.05) is 4.90 Å². The highest BCUT2D eigenvalue weighted by atomic mass is 16.5. The van der Waals surface area contributed by atoms with E-state index in [0.717, 1.165) is 0 Å². The van der Waals surface area contributed by atoms with Gasteiger partial charge in [0.25, 0.3) is 0 Å². The molecular weight excluding hydrogens is 234 g/mol. The van der Waals surface area contributed by atoms with E-state index in [0.29, 0.717) is 50.9 Å². The van der Waals surface area contributed by atoms with Crippen molar-refractivity contribution in [2.24, 2.45) is 0 Å². The first-order valence-electron chi connectivity index (χ1n) is 5.92. The third-order valence-electron chi connectivity index (χ3n) is 2.66. The summed E-state index contributed by atoms with van der Waals surface area (Å²) in [6.07, 6.45) is 3.48. The SMILES string of the molecule is Nc1cnc(NCCC(=O)N2CCOCC2)nc1. The van der Waals surface area contributed by atoms with E-state index in [1.54, 1.807) is 0 Å². The van der Waals surface area contributed by atoms with Gasteiger partial charge in [-0.1, -0.05) is 0 Å². The summed E-state index contributed by atoms with van der Waals surface area (Å²) in [6.45, 7) is 3.12. The predicted octanol–water partition coefficient (Wildman–Crippen LogP) is -0.280. The number of nitrogens with zero attached hydrogens (tertiary/aromatic N) is 3. The fourth-order valence-electron chi connectivity index (χ4n) is 1.68. The largest absolute Gasteiger partial charge is 0.396 e. The number of carbonyl (C=O) groups excluding carboxylic acids is 1. The van der Waals surface area contributed by atoms with Gasteiger partial charge in [0.15, 0.2) is 0 Å². The lowest BCUT2D eigenvalue weighted by atomic mass is 10.3. The van der Waals surface area contributed by atoms with Crippen molar-refractivity contribution >= 4 is 17.5 Å². The molecular formula is C11H17N5O2. The Morgan fingerprint density at radius 3 is 2.72 bits per heavy atom. The highest BCUT2D eigenvalue weighted by Gasteiger charge is 2.15. The fraction of sp³-hybridized carbons (Fsp3) is 0.545. The van der Waals surface area contributed by atoms with Crippen molar-refractivity contribution in [1.29, 1.82) is 0 Å². The van der Waals surface area contributed by atoms with Crippen LogP contribution in [0.2, 0.25) is 0 Å². The Morgan fingerprint density at radius 1 is 1.39 bits per heavy atom. The Balaban J connectivity index is 1.71. The van der Waals surface area contributed by atoms with E-state index in [4.69, 9.17) is 10.5 Å². The zero-order chi connectivity index (χ0) is 12.8. The van der Waals surface area contributed by atoms with Crippen molar-refractivity contribution in [2.75, 3.05) is 43.9 Å². The molecule has 7 nitrogen and oxygen atoms in total. The number of nitrogens with two attached hydrogens (primary N) is 1. The second-order valence-corrected chi connectivity index (χ2v) is 4.01. The van der Waals surface area contributed by atoms with Gasteiger partial charge >= 0.3 is 0 Å². The maximum atomic E-state index is 11.8. The molecule has 1 aliphatic heterocycles. The van der Waals surface area contributed by atoms with Crippen molar-refractivity contribution in [2.45, 2.75) is 6.42 Å². The molecule has 18 heavy (non-hydrogen) atoms. The summed E-state index contributed by atoms with van der Waals surface area (Å²) >= 11 is 0. The maximum absolute atomic E-state index is 11.8. The molecule has 2 rings (SSSR count). The Morgan fingerprint density at radius 2 is 2.06 bits per heavy atom. The third-order valence-corrected chi connectivity index (χ3v) is 2.66. The van der Waals surface area contributed by atoms with Crippen LogP contribution in [-0.2, 0) is 9.53 Å². The maximum Gasteiger partial charge on any atom is 0.224 e. The van der Waals surface area contributed by atoms with Crippen LogP contribution < -0.4 is 11.1 Å². The van der Waals surface area contributed by atoms with E-state index >= 15 is 0 Å². The zero-order valence-electron chi connectivity index (χ0n) is 10.1. The second-order valence-electron chi connectivity index (χ2n) is 4.01. The summed E-state index contributed by atoms with van der Waals surface area (Å²) < 4.78 is 5.19. The molecule has 2 heterocycles. The van der Waals surface area contributed by atoms with Gasteiger partial charge in [-0.2, -0.15) is 0 Å². The number of carbonyl (C=O) groups is 1. The average molecular weight is 251 g/mol. The van der Waals surface area contributed by atoms with Gasteiger partial charge in [0.1, 0.15) is 0 Å². The monoisotopic (exact) mass is 251 g/mol. The van der Waals surface area contributed by atoms with Crippen LogP contribution in [0.3, 0.4) is 0 Å². The molecule has 0 bridgehead atoms. The molecule has 1 aromatic heterocycles. The first-order chi connectivity index (χ1) is 8.75. The molecule has 1 aromatic rings. The number of rotatable bonds is 4. The molecule has 0 atom stereocenters. The van der Waals surface area contributed by atoms with Gasteiger partial charge in [-0.15, -0.1) is 0 Å².